The highest BCUT2D eigenvalue weighted by Crippen LogP contribution is 2.28. The zero-order valence-corrected chi connectivity index (χ0v) is 16.6. The van der Waals surface area contributed by atoms with Crippen LogP contribution in [0.2, 0.25) is 0 Å². The van der Waals surface area contributed by atoms with Crippen LogP contribution in [0.5, 0.6) is 0 Å². The lowest BCUT2D eigenvalue weighted by molar-refractivity contribution is -0.119. The predicted molar refractivity (Wildman–Crippen MR) is 104 cm³/mol. The van der Waals surface area contributed by atoms with Gasteiger partial charge in [0.1, 0.15) is 11.3 Å². The highest BCUT2D eigenvalue weighted by Gasteiger charge is 2.29. The van der Waals surface area contributed by atoms with Crippen LogP contribution >= 0.6 is 0 Å². The molecule has 0 saturated heterocycles. The highest BCUT2D eigenvalue weighted by molar-refractivity contribution is 6.11. The minimum absolute atomic E-state index is 0.0266. The number of carbonyl (C=O) groups excluding carboxylic acids is 4. The number of carbonyl (C=O) groups is 4. The normalized spacial score (nSPS) is 10.2. The van der Waals surface area contributed by atoms with Gasteiger partial charge in [0.2, 0.25) is 5.88 Å². The largest absolute Gasteiger partial charge is 0.462 e. The third-order valence-electron chi connectivity index (χ3n) is 3.92. The zero-order chi connectivity index (χ0) is 21.6. The molecule has 0 aliphatic rings. The molecule has 154 valence electrons. The summed E-state index contributed by atoms with van der Waals surface area (Å²) in [4.78, 5) is 48.5. The highest BCUT2D eigenvalue weighted by atomic mass is 16.5. The van der Waals surface area contributed by atoms with Crippen molar-refractivity contribution < 1.29 is 33.1 Å². The van der Waals surface area contributed by atoms with E-state index in [9.17, 15) is 19.2 Å². The van der Waals surface area contributed by atoms with Gasteiger partial charge in [0.15, 0.2) is 12.4 Å². The van der Waals surface area contributed by atoms with Gasteiger partial charge in [0.25, 0.3) is 5.91 Å². The Labute approximate surface area is 167 Å². The maximum absolute atomic E-state index is 12.2. The first kappa shape index (κ1) is 21.7. The molecule has 2 N–H and O–H groups in total. The summed E-state index contributed by atoms with van der Waals surface area (Å²) in [6.45, 7) is 3.83. The Morgan fingerprint density at radius 3 is 2.34 bits per heavy atom. The Morgan fingerprint density at radius 2 is 1.72 bits per heavy atom. The quantitative estimate of drug-likeness (QED) is 0.510. The van der Waals surface area contributed by atoms with Crippen LogP contribution in [0, 0.1) is 6.92 Å². The van der Waals surface area contributed by atoms with Crippen molar-refractivity contribution in [2.75, 3.05) is 30.9 Å². The van der Waals surface area contributed by atoms with Gasteiger partial charge in [-0.1, -0.05) is 12.1 Å². The van der Waals surface area contributed by atoms with Gasteiger partial charge < -0.3 is 19.2 Å². The standard InChI is InChI=1S/C20H22N2O7/c1-5-27-20(26)17-16(11(2)23)12(3)29-18(17)22-15(24)10-28-19(25)13-8-6-7-9-14(13)21-4/h6-9,21H,5,10H2,1-4H3,(H,22,24). The number of ether oxygens (including phenoxy) is 2. The third-order valence-corrected chi connectivity index (χ3v) is 3.92. The number of hydrogen-bond donors (Lipinski definition) is 2. The molecule has 29 heavy (non-hydrogen) atoms. The number of anilines is 2. The van der Waals surface area contributed by atoms with Gasteiger partial charge in [-0.2, -0.15) is 0 Å². The summed E-state index contributed by atoms with van der Waals surface area (Å²) in [6.07, 6.45) is 0. The van der Waals surface area contributed by atoms with Crippen molar-refractivity contribution in [2.45, 2.75) is 20.8 Å². The Bertz CT molecular complexity index is 946. The van der Waals surface area contributed by atoms with Gasteiger partial charge in [0.05, 0.1) is 17.7 Å². The summed E-state index contributed by atoms with van der Waals surface area (Å²) in [5.41, 5.74) is 0.675. The van der Waals surface area contributed by atoms with Crippen molar-refractivity contribution in [1.29, 1.82) is 0 Å². The number of furan rings is 1. The molecule has 1 amide bonds. The first-order valence-electron chi connectivity index (χ1n) is 8.85. The first-order valence-corrected chi connectivity index (χ1v) is 8.85. The van der Waals surface area contributed by atoms with E-state index in [0.29, 0.717) is 5.69 Å². The zero-order valence-electron chi connectivity index (χ0n) is 16.6. The lowest BCUT2D eigenvalue weighted by atomic mass is 10.1. The van der Waals surface area contributed by atoms with E-state index in [1.54, 1.807) is 38.2 Å². The molecule has 1 aromatic heterocycles. The molecule has 0 atom stereocenters. The molecule has 0 bridgehead atoms. The number of nitrogens with one attached hydrogen (secondary N) is 2. The van der Waals surface area contributed by atoms with Crippen molar-refractivity contribution in [1.82, 2.24) is 0 Å². The summed E-state index contributed by atoms with van der Waals surface area (Å²) in [5.74, 6) is -2.72. The molecule has 1 aromatic carbocycles. The first-order chi connectivity index (χ1) is 13.8. The number of ketones is 1. The van der Waals surface area contributed by atoms with E-state index in [1.807, 2.05) is 0 Å². The molecule has 0 aliphatic carbocycles. The Balaban J connectivity index is 2.14. The maximum atomic E-state index is 12.2. The predicted octanol–water partition coefficient (Wildman–Crippen LogP) is 2.80. The van der Waals surface area contributed by atoms with E-state index in [4.69, 9.17) is 13.9 Å². The molecule has 0 aliphatic heterocycles. The van der Waals surface area contributed by atoms with Crippen LogP contribution in [0.4, 0.5) is 11.6 Å². The van der Waals surface area contributed by atoms with Crippen molar-refractivity contribution >= 4 is 35.2 Å². The molecule has 2 rings (SSSR count). The molecule has 0 spiro atoms. The number of amides is 1. The van der Waals surface area contributed by atoms with Crippen molar-refractivity contribution in [3.8, 4) is 0 Å². The smallest absolute Gasteiger partial charge is 0.344 e. The van der Waals surface area contributed by atoms with Crippen molar-refractivity contribution in [3.63, 3.8) is 0 Å². The van der Waals surface area contributed by atoms with Crippen LogP contribution < -0.4 is 10.6 Å². The molecule has 9 heteroatoms. The monoisotopic (exact) mass is 402 g/mol. The SMILES string of the molecule is CCOC(=O)c1c(NC(=O)COC(=O)c2ccccc2NC)oc(C)c1C(C)=O. The summed E-state index contributed by atoms with van der Waals surface area (Å²) in [6, 6.07) is 6.66. The fourth-order valence-electron chi connectivity index (χ4n) is 2.71. The van der Waals surface area contributed by atoms with Crippen LogP contribution in [0.15, 0.2) is 28.7 Å². The Hall–Kier alpha value is -3.62. The molecular weight excluding hydrogens is 380 g/mol. The topological polar surface area (TPSA) is 124 Å². The van der Waals surface area contributed by atoms with Gasteiger partial charge in [-0.15, -0.1) is 0 Å². The van der Waals surface area contributed by atoms with Gasteiger partial charge in [-0.05, 0) is 32.9 Å². The summed E-state index contributed by atoms with van der Waals surface area (Å²) >= 11 is 0. The van der Waals surface area contributed by atoms with E-state index in [-0.39, 0.29) is 34.9 Å². The van der Waals surface area contributed by atoms with Gasteiger partial charge in [-0.25, -0.2) is 9.59 Å². The maximum Gasteiger partial charge on any atom is 0.344 e. The minimum Gasteiger partial charge on any atom is -0.462 e. The van der Waals surface area contributed by atoms with E-state index in [0.717, 1.165) is 0 Å². The van der Waals surface area contributed by atoms with Gasteiger partial charge in [-0.3, -0.25) is 14.9 Å². The van der Waals surface area contributed by atoms with Crippen LogP contribution in [-0.2, 0) is 14.3 Å². The Kier molecular flexibility index (Phi) is 7.13. The molecule has 1 heterocycles. The molecule has 0 fully saturated rings. The minimum atomic E-state index is -0.801. The number of para-hydroxylation sites is 1. The summed E-state index contributed by atoms with van der Waals surface area (Å²) < 4.78 is 15.3. The van der Waals surface area contributed by atoms with Crippen LogP contribution in [0.25, 0.3) is 0 Å². The van der Waals surface area contributed by atoms with Crippen LogP contribution in [-0.4, -0.2) is 43.9 Å². The summed E-state index contributed by atoms with van der Waals surface area (Å²) in [7, 11) is 1.65. The van der Waals surface area contributed by atoms with E-state index >= 15 is 0 Å². The van der Waals surface area contributed by atoms with Crippen LogP contribution in [0.1, 0.15) is 50.7 Å². The molecular formula is C20H22N2O7. The average molecular weight is 402 g/mol. The molecule has 0 unspecified atom stereocenters. The van der Waals surface area contributed by atoms with E-state index in [2.05, 4.69) is 10.6 Å². The Morgan fingerprint density at radius 1 is 1.03 bits per heavy atom. The van der Waals surface area contributed by atoms with Gasteiger partial charge in [0, 0.05) is 12.7 Å². The van der Waals surface area contributed by atoms with Crippen molar-refractivity contribution in [3.05, 3.63) is 46.7 Å². The number of hydrogen-bond acceptors (Lipinski definition) is 8. The third kappa shape index (κ3) is 5.01. The van der Waals surface area contributed by atoms with E-state index in [1.165, 1.54) is 13.8 Å². The molecule has 0 radical (unpaired) electrons. The lowest BCUT2D eigenvalue weighted by Crippen LogP contribution is -2.22. The molecule has 2 aromatic rings. The number of benzene rings is 1. The number of rotatable bonds is 8. The number of Topliss-reactive ketones (excluding diaryl/α,β-unsaturated/α-hetero) is 1. The average Bonchev–Trinajstić information content (AvgIpc) is 3.02. The second kappa shape index (κ2) is 9.54. The van der Waals surface area contributed by atoms with Crippen LogP contribution in [0.3, 0.4) is 0 Å². The fraction of sp³-hybridized carbons (Fsp3) is 0.300. The number of aryl methyl sites for hydroxylation is 1. The lowest BCUT2D eigenvalue weighted by Gasteiger charge is -2.09. The fourth-order valence-corrected chi connectivity index (χ4v) is 2.71. The number of esters is 2. The van der Waals surface area contributed by atoms with Gasteiger partial charge >= 0.3 is 11.9 Å². The second-order valence-electron chi connectivity index (χ2n) is 5.93. The second-order valence-corrected chi connectivity index (χ2v) is 5.93. The van der Waals surface area contributed by atoms with E-state index < -0.39 is 30.2 Å². The molecule has 0 saturated carbocycles. The summed E-state index contributed by atoms with van der Waals surface area (Å²) in [5, 5.41) is 5.21. The van der Waals surface area contributed by atoms with Crippen molar-refractivity contribution in [2.24, 2.45) is 0 Å². The molecule has 9 nitrogen and oxygen atoms in total.